The topological polar surface area (TPSA) is 125 Å². The van der Waals surface area contributed by atoms with E-state index in [-0.39, 0.29) is 5.89 Å². The number of nitrogens with zero attached hydrogens (tertiary/aromatic N) is 6. The van der Waals surface area contributed by atoms with Crippen molar-refractivity contribution < 1.29 is 9.52 Å². The SMILES string of the molecule is CN(C)C(O)c1ccc(-c2cnc(C=N)c(-c3nnc(-c4ccncc4)o3)n2)cc1. The molecule has 2 N–H and O–H groups in total. The van der Waals surface area contributed by atoms with Gasteiger partial charge in [-0.25, -0.2) is 4.98 Å². The molecule has 0 aliphatic rings. The van der Waals surface area contributed by atoms with E-state index in [9.17, 15) is 5.11 Å². The van der Waals surface area contributed by atoms with E-state index in [1.54, 1.807) is 49.7 Å². The Hall–Kier alpha value is -3.82. The van der Waals surface area contributed by atoms with Crippen LogP contribution >= 0.6 is 0 Å². The van der Waals surface area contributed by atoms with Gasteiger partial charge in [0.1, 0.15) is 11.9 Å². The van der Waals surface area contributed by atoms with Gasteiger partial charge >= 0.3 is 0 Å². The van der Waals surface area contributed by atoms with Crippen LogP contribution in [0.3, 0.4) is 0 Å². The van der Waals surface area contributed by atoms with Gasteiger partial charge in [0, 0.05) is 29.7 Å². The molecule has 0 amide bonds. The van der Waals surface area contributed by atoms with Gasteiger partial charge in [0.2, 0.25) is 5.89 Å². The smallest absolute Gasteiger partial charge is 0.268 e. The molecule has 0 aliphatic heterocycles. The highest BCUT2D eigenvalue weighted by Gasteiger charge is 2.17. The molecule has 0 fully saturated rings. The van der Waals surface area contributed by atoms with Gasteiger partial charge in [0.25, 0.3) is 5.89 Å². The van der Waals surface area contributed by atoms with E-state index in [0.29, 0.717) is 23.0 Å². The van der Waals surface area contributed by atoms with Crippen LogP contribution < -0.4 is 0 Å². The maximum atomic E-state index is 10.2. The lowest BCUT2D eigenvalue weighted by atomic mass is 10.1. The fourth-order valence-electron chi connectivity index (χ4n) is 2.85. The summed E-state index contributed by atoms with van der Waals surface area (Å²) in [5, 5.41) is 25.9. The zero-order valence-electron chi connectivity index (χ0n) is 16.4. The predicted molar refractivity (Wildman–Crippen MR) is 111 cm³/mol. The predicted octanol–water partition coefficient (Wildman–Crippen LogP) is 2.81. The molecule has 1 unspecified atom stereocenters. The van der Waals surface area contributed by atoms with Crippen LogP contribution in [0, 0.1) is 5.41 Å². The number of aliphatic hydroxyl groups excluding tert-OH is 1. The zero-order valence-corrected chi connectivity index (χ0v) is 16.4. The third kappa shape index (κ3) is 3.84. The average Bonchev–Trinajstić information content (AvgIpc) is 3.29. The van der Waals surface area contributed by atoms with Crippen molar-refractivity contribution in [2.45, 2.75) is 6.23 Å². The van der Waals surface area contributed by atoms with Gasteiger partial charge in [0.05, 0.1) is 11.9 Å². The van der Waals surface area contributed by atoms with Crippen LogP contribution in [0.25, 0.3) is 34.3 Å². The number of pyridine rings is 1. The number of aromatic nitrogens is 5. The highest BCUT2D eigenvalue weighted by molar-refractivity contribution is 5.83. The molecule has 4 rings (SSSR count). The normalized spacial score (nSPS) is 12.1. The van der Waals surface area contributed by atoms with E-state index in [0.717, 1.165) is 22.9 Å². The van der Waals surface area contributed by atoms with Gasteiger partial charge in [-0.15, -0.1) is 10.2 Å². The maximum Gasteiger partial charge on any atom is 0.268 e. The summed E-state index contributed by atoms with van der Waals surface area (Å²) < 4.78 is 5.77. The summed E-state index contributed by atoms with van der Waals surface area (Å²) in [6.07, 6.45) is 5.27. The highest BCUT2D eigenvalue weighted by atomic mass is 16.4. The highest BCUT2D eigenvalue weighted by Crippen LogP contribution is 2.27. The fourth-order valence-corrected chi connectivity index (χ4v) is 2.85. The number of rotatable bonds is 6. The first kappa shape index (κ1) is 19.5. The van der Waals surface area contributed by atoms with Crippen LogP contribution in [0.5, 0.6) is 0 Å². The van der Waals surface area contributed by atoms with Crippen LogP contribution in [-0.4, -0.2) is 55.5 Å². The lowest BCUT2D eigenvalue weighted by Gasteiger charge is -2.18. The minimum atomic E-state index is -0.689. The first-order chi connectivity index (χ1) is 14.6. The lowest BCUT2D eigenvalue weighted by Crippen LogP contribution is -2.18. The van der Waals surface area contributed by atoms with Gasteiger partial charge in [-0.3, -0.25) is 14.9 Å². The molecule has 3 aromatic heterocycles. The second kappa shape index (κ2) is 8.27. The Balaban J connectivity index is 1.70. The van der Waals surface area contributed by atoms with E-state index in [1.165, 1.54) is 0 Å². The maximum absolute atomic E-state index is 10.2. The van der Waals surface area contributed by atoms with Crippen molar-refractivity contribution in [3.63, 3.8) is 0 Å². The minimum absolute atomic E-state index is 0.175. The third-order valence-corrected chi connectivity index (χ3v) is 4.49. The van der Waals surface area contributed by atoms with E-state index in [2.05, 4.69) is 25.1 Å². The molecular weight excluding hydrogens is 382 g/mol. The van der Waals surface area contributed by atoms with Crippen molar-refractivity contribution in [1.29, 1.82) is 5.41 Å². The summed E-state index contributed by atoms with van der Waals surface area (Å²) in [5.74, 6) is 0.506. The molecule has 0 saturated carbocycles. The summed E-state index contributed by atoms with van der Waals surface area (Å²) in [5.41, 5.74) is 3.55. The number of aliphatic hydroxyl groups is 1. The molecule has 3 heterocycles. The summed E-state index contributed by atoms with van der Waals surface area (Å²) in [4.78, 5) is 14.6. The number of benzene rings is 1. The molecule has 1 aromatic carbocycles. The summed E-state index contributed by atoms with van der Waals surface area (Å²) in [6, 6.07) is 10.9. The Bertz CT molecular complexity index is 1160. The van der Waals surface area contributed by atoms with Gasteiger partial charge in [-0.1, -0.05) is 24.3 Å². The van der Waals surface area contributed by atoms with E-state index < -0.39 is 6.23 Å². The number of hydrogen-bond acceptors (Lipinski definition) is 9. The average molecular weight is 401 g/mol. The molecule has 150 valence electrons. The molecule has 9 heteroatoms. The second-order valence-corrected chi connectivity index (χ2v) is 6.74. The van der Waals surface area contributed by atoms with E-state index in [1.807, 2.05) is 24.3 Å². The lowest BCUT2D eigenvalue weighted by molar-refractivity contribution is 0.0395. The minimum Gasteiger partial charge on any atom is -0.415 e. The number of hydrogen-bond donors (Lipinski definition) is 2. The van der Waals surface area contributed by atoms with Crippen molar-refractivity contribution in [3.05, 3.63) is 66.2 Å². The van der Waals surface area contributed by atoms with Crippen LogP contribution in [0.4, 0.5) is 0 Å². The Morgan fingerprint density at radius 2 is 1.70 bits per heavy atom. The quantitative estimate of drug-likeness (QED) is 0.373. The summed E-state index contributed by atoms with van der Waals surface area (Å²) >= 11 is 0. The van der Waals surface area contributed by atoms with E-state index >= 15 is 0 Å². The van der Waals surface area contributed by atoms with Gasteiger partial charge in [0.15, 0.2) is 5.69 Å². The van der Waals surface area contributed by atoms with Gasteiger partial charge in [-0.05, 0) is 31.8 Å². The van der Waals surface area contributed by atoms with Crippen molar-refractivity contribution >= 4 is 6.21 Å². The largest absolute Gasteiger partial charge is 0.415 e. The molecule has 30 heavy (non-hydrogen) atoms. The Morgan fingerprint density at radius 1 is 1.00 bits per heavy atom. The number of nitrogens with one attached hydrogen (secondary N) is 1. The monoisotopic (exact) mass is 401 g/mol. The van der Waals surface area contributed by atoms with Crippen molar-refractivity contribution in [2.24, 2.45) is 0 Å². The first-order valence-corrected chi connectivity index (χ1v) is 9.13. The van der Waals surface area contributed by atoms with Crippen molar-refractivity contribution in [2.75, 3.05) is 14.1 Å². The van der Waals surface area contributed by atoms with Crippen molar-refractivity contribution in [1.82, 2.24) is 30.0 Å². The molecule has 4 aromatic rings. The third-order valence-electron chi connectivity index (χ3n) is 4.49. The Labute approximate surface area is 172 Å². The van der Waals surface area contributed by atoms with Gasteiger partial charge in [-0.2, -0.15) is 0 Å². The Morgan fingerprint density at radius 3 is 2.37 bits per heavy atom. The first-order valence-electron chi connectivity index (χ1n) is 9.13. The van der Waals surface area contributed by atoms with E-state index in [4.69, 9.17) is 9.83 Å². The van der Waals surface area contributed by atoms with Crippen molar-refractivity contribution in [3.8, 4) is 34.3 Å². The molecule has 9 nitrogen and oxygen atoms in total. The van der Waals surface area contributed by atoms with Crippen LogP contribution in [0.15, 0.2) is 59.4 Å². The molecule has 0 spiro atoms. The molecule has 0 bridgehead atoms. The molecule has 0 radical (unpaired) electrons. The van der Waals surface area contributed by atoms with Crippen LogP contribution in [0.2, 0.25) is 0 Å². The molecule has 0 aliphatic carbocycles. The standard InChI is InChI=1S/C21H19N7O2/c1-28(2)21(29)15-5-3-13(4-6-15)17-12-24-16(11-22)18(25-17)20-27-26-19(30-20)14-7-9-23-10-8-14/h3-12,21-22,29H,1-2H3. The van der Waals surface area contributed by atoms with Crippen LogP contribution in [0.1, 0.15) is 17.5 Å². The summed E-state index contributed by atoms with van der Waals surface area (Å²) in [6.45, 7) is 0. The molecule has 0 saturated heterocycles. The molecular formula is C21H19N7O2. The second-order valence-electron chi connectivity index (χ2n) is 6.74. The Kier molecular flexibility index (Phi) is 5.38. The zero-order chi connectivity index (χ0) is 21.1. The van der Waals surface area contributed by atoms with Crippen LogP contribution in [-0.2, 0) is 0 Å². The summed E-state index contributed by atoms with van der Waals surface area (Å²) in [7, 11) is 3.61. The molecule has 1 atom stereocenters. The fraction of sp³-hybridized carbons (Fsp3) is 0.143. The van der Waals surface area contributed by atoms with Gasteiger partial charge < -0.3 is 14.9 Å².